The van der Waals surface area contributed by atoms with Crippen molar-refractivity contribution in [3.8, 4) is 0 Å². The van der Waals surface area contributed by atoms with Crippen molar-refractivity contribution in [1.29, 1.82) is 0 Å². The highest BCUT2D eigenvalue weighted by Crippen LogP contribution is 2.41. The highest BCUT2D eigenvalue weighted by molar-refractivity contribution is 6.31. The van der Waals surface area contributed by atoms with Gasteiger partial charge < -0.3 is 10.6 Å². The highest BCUT2D eigenvalue weighted by atomic mass is 35.5. The van der Waals surface area contributed by atoms with Crippen LogP contribution >= 0.6 is 11.6 Å². The fourth-order valence-corrected chi connectivity index (χ4v) is 4.63. The standard InChI is InChI=1S/C26H23ClN4O/c1-15-12-13-20(16(2)14-15)29-25(32)23-17(3)28-26-30-21-10-6-7-11-22(21)31(26)24(23)18-8-4-5-9-19(18)27/h4-14,24H,1-3H3,(H,28,30)(H,29,32)/t24-/m1/s1. The minimum atomic E-state index is -0.418. The molecule has 0 saturated heterocycles. The van der Waals surface area contributed by atoms with Crippen molar-refractivity contribution in [2.45, 2.75) is 26.8 Å². The molecule has 0 spiro atoms. The van der Waals surface area contributed by atoms with Crippen molar-refractivity contribution in [3.05, 3.63) is 99.7 Å². The van der Waals surface area contributed by atoms with Gasteiger partial charge in [0.05, 0.1) is 22.6 Å². The van der Waals surface area contributed by atoms with Gasteiger partial charge in [-0.25, -0.2) is 4.98 Å². The number of rotatable bonds is 3. The number of carbonyl (C=O) groups is 1. The molecule has 4 aromatic rings. The summed E-state index contributed by atoms with van der Waals surface area (Å²) in [5, 5.41) is 7.06. The molecule has 2 N–H and O–H groups in total. The lowest BCUT2D eigenvalue weighted by Crippen LogP contribution is -2.31. The third kappa shape index (κ3) is 3.35. The second-order valence-electron chi connectivity index (χ2n) is 8.15. The van der Waals surface area contributed by atoms with E-state index in [4.69, 9.17) is 16.6 Å². The van der Waals surface area contributed by atoms with E-state index in [2.05, 4.69) is 21.3 Å². The van der Waals surface area contributed by atoms with Crippen LogP contribution in [0.4, 0.5) is 11.6 Å². The molecule has 160 valence electrons. The van der Waals surface area contributed by atoms with Crippen molar-refractivity contribution in [2.24, 2.45) is 0 Å². The van der Waals surface area contributed by atoms with Gasteiger partial charge in [-0.3, -0.25) is 9.36 Å². The molecule has 1 aliphatic rings. The SMILES string of the molecule is CC1=C(C(=O)Nc2ccc(C)cc2C)[C@@H](c2ccccc2Cl)n2c(nc3ccccc32)N1. The van der Waals surface area contributed by atoms with Crippen LogP contribution in [-0.2, 0) is 4.79 Å². The number of hydrogen-bond acceptors (Lipinski definition) is 3. The molecule has 1 aromatic heterocycles. The molecular formula is C26H23ClN4O. The monoisotopic (exact) mass is 442 g/mol. The molecule has 1 atom stereocenters. The molecule has 3 aromatic carbocycles. The number of allylic oxidation sites excluding steroid dienone is 1. The van der Waals surface area contributed by atoms with Gasteiger partial charge in [-0.05, 0) is 56.2 Å². The van der Waals surface area contributed by atoms with Crippen LogP contribution in [0.2, 0.25) is 5.02 Å². The van der Waals surface area contributed by atoms with E-state index in [-0.39, 0.29) is 5.91 Å². The zero-order chi connectivity index (χ0) is 22.4. The van der Waals surface area contributed by atoms with Crippen molar-refractivity contribution in [3.63, 3.8) is 0 Å². The molecule has 32 heavy (non-hydrogen) atoms. The Bertz CT molecular complexity index is 1400. The van der Waals surface area contributed by atoms with E-state index >= 15 is 0 Å². The summed E-state index contributed by atoms with van der Waals surface area (Å²) in [6.07, 6.45) is 0. The van der Waals surface area contributed by atoms with Crippen LogP contribution in [0.25, 0.3) is 11.0 Å². The van der Waals surface area contributed by atoms with Gasteiger partial charge in [-0.1, -0.05) is 59.6 Å². The first-order valence-corrected chi connectivity index (χ1v) is 10.9. The lowest BCUT2D eigenvalue weighted by Gasteiger charge is -2.31. The van der Waals surface area contributed by atoms with E-state index in [9.17, 15) is 4.79 Å². The van der Waals surface area contributed by atoms with Crippen LogP contribution in [0.15, 0.2) is 78.0 Å². The molecule has 0 saturated carbocycles. The number of carbonyl (C=O) groups excluding carboxylic acids is 1. The first-order valence-electron chi connectivity index (χ1n) is 10.5. The smallest absolute Gasteiger partial charge is 0.255 e. The summed E-state index contributed by atoms with van der Waals surface area (Å²) in [7, 11) is 0. The highest BCUT2D eigenvalue weighted by Gasteiger charge is 2.35. The Morgan fingerprint density at radius 1 is 1.03 bits per heavy atom. The molecule has 6 heteroatoms. The summed E-state index contributed by atoms with van der Waals surface area (Å²) in [6.45, 7) is 5.94. The zero-order valence-electron chi connectivity index (χ0n) is 18.1. The topological polar surface area (TPSA) is 59.0 Å². The normalized spacial score (nSPS) is 15.4. The molecule has 0 radical (unpaired) electrons. The Hall–Kier alpha value is -3.57. The first-order chi connectivity index (χ1) is 15.4. The van der Waals surface area contributed by atoms with Gasteiger partial charge in [-0.15, -0.1) is 0 Å². The van der Waals surface area contributed by atoms with E-state index in [0.29, 0.717) is 16.5 Å². The van der Waals surface area contributed by atoms with Crippen molar-refractivity contribution < 1.29 is 4.79 Å². The van der Waals surface area contributed by atoms with Crippen molar-refractivity contribution in [1.82, 2.24) is 9.55 Å². The minimum Gasteiger partial charge on any atom is -0.329 e. The Labute approximate surface area is 191 Å². The van der Waals surface area contributed by atoms with Gasteiger partial charge in [0.25, 0.3) is 5.91 Å². The maximum absolute atomic E-state index is 13.7. The summed E-state index contributed by atoms with van der Waals surface area (Å²) < 4.78 is 2.06. The fourth-order valence-electron chi connectivity index (χ4n) is 4.39. The van der Waals surface area contributed by atoms with Crippen molar-refractivity contribution in [2.75, 3.05) is 10.6 Å². The van der Waals surface area contributed by atoms with Crippen LogP contribution in [0.3, 0.4) is 0 Å². The van der Waals surface area contributed by atoms with Gasteiger partial charge in [0.2, 0.25) is 5.95 Å². The second-order valence-corrected chi connectivity index (χ2v) is 8.56. The van der Waals surface area contributed by atoms with Gasteiger partial charge in [0.1, 0.15) is 0 Å². The van der Waals surface area contributed by atoms with Gasteiger partial charge in [0, 0.05) is 16.4 Å². The Balaban J connectivity index is 1.68. The number of aromatic nitrogens is 2. The predicted octanol–water partition coefficient (Wildman–Crippen LogP) is 6.23. The van der Waals surface area contributed by atoms with Crippen molar-refractivity contribution >= 4 is 40.2 Å². The number of halogens is 1. The number of nitrogens with one attached hydrogen (secondary N) is 2. The van der Waals surface area contributed by atoms with Crippen LogP contribution in [-0.4, -0.2) is 15.5 Å². The summed E-state index contributed by atoms with van der Waals surface area (Å²) in [5.74, 6) is 0.520. The van der Waals surface area contributed by atoms with Crippen LogP contribution < -0.4 is 10.6 Å². The fraction of sp³-hybridized carbons (Fsp3) is 0.154. The van der Waals surface area contributed by atoms with E-state index in [0.717, 1.165) is 39.1 Å². The second kappa shape index (κ2) is 7.84. The number of imidazole rings is 1. The van der Waals surface area contributed by atoms with Crippen LogP contribution in [0.5, 0.6) is 0 Å². The molecule has 0 unspecified atom stereocenters. The summed E-state index contributed by atoms with van der Waals surface area (Å²) in [5.41, 5.74) is 6.96. The number of anilines is 2. The quantitative estimate of drug-likeness (QED) is 0.395. The molecular weight excluding hydrogens is 420 g/mol. The molecule has 5 nitrogen and oxygen atoms in total. The van der Waals surface area contributed by atoms with Gasteiger partial charge >= 0.3 is 0 Å². The Morgan fingerprint density at radius 3 is 2.56 bits per heavy atom. The number of benzene rings is 3. The average molecular weight is 443 g/mol. The maximum Gasteiger partial charge on any atom is 0.255 e. The van der Waals surface area contributed by atoms with Crippen LogP contribution in [0, 0.1) is 13.8 Å². The molecule has 5 rings (SSSR count). The van der Waals surface area contributed by atoms with E-state index in [1.165, 1.54) is 0 Å². The summed E-state index contributed by atoms with van der Waals surface area (Å²) in [4.78, 5) is 18.4. The number of para-hydroxylation sites is 2. The Kier molecular flexibility index (Phi) is 4.98. The number of amides is 1. The average Bonchev–Trinajstić information content (AvgIpc) is 3.13. The number of aryl methyl sites for hydroxylation is 2. The van der Waals surface area contributed by atoms with Crippen LogP contribution in [0.1, 0.15) is 29.7 Å². The number of fused-ring (bicyclic) bond motifs is 3. The van der Waals surface area contributed by atoms with Gasteiger partial charge in [-0.2, -0.15) is 0 Å². The minimum absolute atomic E-state index is 0.171. The van der Waals surface area contributed by atoms with E-state index in [1.807, 2.05) is 81.4 Å². The summed E-state index contributed by atoms with van der Waals surface area (Å²) in [6, 6.07) is 21.1. The molecule has 2 heterocycles. The van der Waals surface area contributed by atoms with Gasteiger partial charge in [0.15, 0.2) is 0 Å². The lowest BCUT2D eigenvalue weighted by molar-refractivity contribution is -0.113. The molecule has 1 amide bonds. The summed E-state index contributed by atoms with van der Waals surface area (Å²) >= 11 is 6.65. The Morgan fingerprint density at radius 2 is 1.78 bits per heavy atom. The van der Waals surface area contributed by atoms with E-state index < -0.39 is 6.04 Å². The third-order valence-electron chi connectivity index (χ3n) is 5.91. The first kappa shape index (κ1) is 20.3. The molecule has 0 fully saturated rings. The lowest BCUT2D eigenvalue weighted by atomic mass is 9.94. The number of hydrogen-bond donors (Lipinski definition) is 2. The third-order valence-corrected chi connectivity index (χ3v) is 6.25. The largest absolute Gasteiger partial charge is 0.329 e. The predicted molar refractivity (Wildman–Crippen MR) is 130 cm³/mol. The molecule has 1 aliphatic heterocycles. The van der Waals surface area contributed by atoms with E-state index in [1.54, 1.807) is 0 Å². The molecule has 0 aliphatic carbocycles. The zero-order valence-corrected chi connectivity index (χ0v) is 18.9. The molecule has 0 bridgehead atoms. The number of nitrogens with zero attached hydrogens (tertiary/aromatic N) is 2. The maximum atomic E-state index is 13.7.